The van der Waals surface area contributed by atoms with Crippen molar-refractivity contribution in [2.75, 3.05) is 9.80 Å². The fourth-order valence-electron chi connectivity index (χ4n) is 8.71. The first-order valence-electron chi connectivity index (χ1n) is 22.5. The normalized spacial score (nSPS) is 12.2. The van der Waals surface area contributed by atoms with E-state index < -0.39 is 0 Å². The lowest BCUT2D eigenvalue weighted by Gasteiger charge is -2.29. The molecule has 0 bridgehead atoms. The van der Waals surface area contributed by atoms with Gasteiger partial charge < -0.3 is 14.4 Å². The minimum absolute atomic E-state index is 0.110. The zero-order valence-electron chi connectivity index (χ0n) is 37.2. The Kier molecular flexibility index (Phi) is 8.11. The quantitative estimate of drug-likeness (QED) is 0.144. The molecule has 0 atom stereocenters. The van der Waals surface area contributed by atoms with Crippen LogP contribution in [0.4, 0.5) is 34.1 Å². The average molecular weight is 784 g/mol. The first kappa shape index (κ1) is 31.8. The van der Waals surface area contributed by atoms with E-state index in [0.717, 1.165) is 72.4 Å². The molecular weight excluding hydrogens is 739 g/mol. The number of para-hydroxylation sites is 5. The Morgan fingerprint density at radius 2 is 0.852 bits per heavy atom. The number of hydrogen-bond acceptors (Lipinski definition) is 2. The lowest BCUT2D eigenvalue weighted by molar-refractivity contribution is 1.18. The third-order valence-corrected chi connectivity index (χ3v) is 11.4. The highest BCUT2D eigenvalue weighted by Crippen LogP contribution is 2.46. The van der Waals surface area contributed by atoms with E-state index >= 15 is 0 Å². The van der Waals surface area contributed by atoms with Crippen LogP contribution in [0.25, 0.3) is 60.5 Å². The minimum Gasteiger partial charge on any atom is -0.311 e. The molecule has 3 heteroatoms. The van der Waals surface area contributed by atoms with E-state index in [9.17, 15) is 5.48 Å². The fourth-order valence-corrected chi connectivity index (χ4v) is 8.71. The number of fused-ring (bicyclic) bond motifs is 4. The second-order valence-corrected chi connectivity index (χ2v) is 15.0. The second kappa shape index (κ2) is 15.6. The molecule has 0 N–H and O–H groups in total. The molecule has 61 heavy (non-hydrogen) atoms. The molecule has 0 aliphatic carbocycles. The van der Waals surface area contributed by atoms with E-state index in [0.29, 0.717) is 5.56 Å². The first-order valence-corrected chi connectivity index (χ1v) is 20.5. The van der Waals surface area contributed by atoms with E-state index in [4.69, 9.17) is 0 Å². The Bertz CT molecular complexity index is 3470. The summed E-state index contributed by atoms with van der Waals surface area (Å²) in [5, 5.41) is 4.02. The van der Waals surface area contributed by atoms with Crippen LogP contribution in [0.3, 0.4) is 0 Å². The van der Waals surface area contributed by atoms with Gasteiger partial charge >= 0.3 is 0 Å². The molecule has 1 heterocycles. The largest absolute Gasteiger partial charge is 0.311 e. The van der Waals surface area contributed by atoms with Gasteiger partial charge in [0.2, 0.25) is 0 Å². The maximum Gasteiger partial charge on any atom is 0.0645 e. The molecule has 0 saturated carbocycles. The molecular formula is C58H41N3. The summed E-state index contributed by atoms with van der Waals surface area (Å²) >= 11 is 0. The van der Waals surface area contributed by atoms with Gasteiger partial charge in [-0.1, -0.05) is 170 Å². The summed E-state index contributed by atoms with van der Waals surface area (Å²) in [5.41, 5.74) is 10.8. The van der Waals surface area contributed by atoms with E-state index in [1.165, 1.54) is 5.39 Å². The van der Waals surface area contributed by atoms with Gasteiger partial charge in [-0.05, 0) is 101 Å². The highest BCUT2D eigenvalue weighted by Gasteiger charge is 2.22. The molecule has 0 radical (unpaired) electrons. The summed E-state index contributed by atoms with van der Waals surface area (Å²) in [4.78, 5) is 4.12. The molecule has 0 aliphatic rings. The van der Waals surface area contributed by atoms with Gasteiger partial charge in [0.15, 0.2) is 0 Å². The van der Waals surface area contributed by atoms with Crippen molar-refractivity contribution in [1.29, 1.82) is 0 Å². The van der Waals surface area contributed by atoms with Crippen molar-refractivity contribution in [3.05, 3.63) is 249 Å². The Morgan fingerprint density at radius 1 is 0.311 bits per heavy atom. The predicted molar refractivity (Wildman–Crippen MR) is 259 cm³/mol. The van der Waals surface area contributed by atoms with Crippen molar-refractivity contribution in [1.82, 2.24) is 4.57 Å². The van der Waals surface area contributed by atoms with Gasteiger partial charge in [0.05, 0.1) is 27.9 Å². The summed E-state index contributed by atoms with van der Waals surface area (Å²) in [7, 11) is 0. The van der Waals surface area contributed by atoms with Crippen molar-refractivity contribution in [3.63, 3.8) is 0 Å². The Labute approximate surface area is 361 Å². The van der Waals surface area contributed by atoms with E-state index in [1.54, 1.807) is 0 Å². The topological polar surface area (TPSA) is 11.4 Å². The molecule has 3 nitrogen and oxygen atoms in total. The SMILES string of the molecule is [2H]c1c([2H])c(N(c2ccccc2)c2ccccc2)c([2H])c([2H])c1-c1cccc2c(N(c3ccc4c5ccccc5n(-c5ccccc5)c4c3)c3ccccc3-c3ccccc3)cccc12. The van der Waals surface area contributed by atoms with Gasteiger partial charge in [0.1, 0.15) is 0 Å². The lowest BCUT2D eigenvalue weighted by atomic mass is 9.95. The first-order chi connectivity index (χ1) is 32.0. The third kappa shape index (κ3) is 6.50. The maximum absolute atomic E-state index is 9.62. The Morgan fingerprint density at radius 3 is 1.59 bits per heavy atom. The van der Waals surface area contributed by atoms with Crippen molar-refractivity contribution in [2.24, 2.45) is 0 Å². The molecule has 288 valence electrons. The molecule has 1 aromatic heterocycles. The van der Waals surface area contributed by atoms with Crippen LogP contribution in [0.5, 0.6) is 0 Å². The average Bonchev–Trinajstić information content (AvgIpc) is 3.70. The van der Waals surface area contributed by atoms with Crippen LogP contribution in [0, 0.1) is 0 Å². The summed E-state index contributed by atoms with van der Waals surface area (Å²) < 4.78 is 40.7. The van der Waals surface area contributed by atoms with Gasteiger partial charge in [-0.15, -0.1) is 0 Å². The van der Waals surface area contributed by atoms with E-state index in [2.05, 4.69) is 137 Å². The smallest absolute Gasteiger partial charge is 0.0645 e. The molecule has 0 aliphatic heterocycles. The second-order valence-electron chi connectivity index (χ2n) is 15.0. The molecule has 0 saturated heterocycles. The van der Waals surface area contributed by atoms with Crippen LogP contribution in [0.15, 0.2) is 249 Å². The van der Waals surface area contributed by atoms with Gasteiger partial charge in [0, 0.05) is 50.2 Å². The summed E-state index contributed by atoms with van der Waals surface area (Å²) in [6.07, 6.45) is 0. The third-order valence-electron chi connectivity index (χ3n) is 11.4. The Hall–Kier alpha value is -8.14. The maximum atomic E-state index is 9.62. The zero-order chi connectivity index (χ0) is 44.0. The molecule has 0 fully saturated rings. The summed E-state index contributed by atoms with van der Waals surface area (Å²) in [6.45, 7) is 0. The van der Waals surface area contributed by atoms with Gasteiger partial charge in [-0.25, -0.2) is 0 Å². The number of hydrogen-bond donors (Lipinski definition) is 0. The number of aromatic nitrogens is 1. The van der Waals surface area contributed by atoms with Gasteiger partial charge in [0.25, 0.3) is 0 Å². The number of rotatable bonds is 9. The lowest BCUT2D eigenvalue weighted by Crippen LogP contribution is -2.12. The zero-order valence-corrected chi connectivity index (χ0v) is 33.2. The standard InChI is InChI=1S/C58H41N3/c1-5-19-42(20-6-1)50-27-13-15-32-55(50)61(48-39-40-54-53-28-14-16-33-56(53)60(58(54)41-48)46-25-11-4-12-26-46)57-34-18-30-51-49(29-17-31-52(51)57)43-35-37-47(38-36-43)59(44-21-7-2-8-22-44)45-23-9-3-10-24-45/h1-41H/i35D,36D,37D,38D. The van der Waals surface area contributed by atoms with Crippen LogP contribution in [0.1, 0.15) is 5.48 Å². The van der Waals surface area contributed by atoms with E-state index in [1.807, 2.05) is 102 Å². The number of anilines is 6. The summed E-state index contributed by atoms with van der Waals surface area (Å²) in [6, 6.07) is 75.4. The van der Waals surface area contributed by atoms with Crippen LogP contribution >= 0.6 is 0 Å². The number of nitrogens with zero attached hydrogens (tertiary/aromatic N) is 3. The molecule has 0 spiro atoms. The van der Waals surface area contributed by atoms with Crippen molar-refractivity contribution >= 4 is 66.7 Å². The molecule has 11 aromatic rings. The van der Waals surface area contributed by atoms with Gasteiger partial charge in [-0.2, -0.15) is 0 Å². The monoisotopic (exact) mass is 783 g/mol. The van der Waals surface area contributed by atoms with Crippen molar-refractivity contribution in [3.8, 4) is 27.9 Å². The number of benzene rings is 10. The van der Waals surface area contributed by atoms with Crippen LogP contribution in [-0.4, -0.2) is 4.57 Å². The van der Waals surface area contributed by atoms with Gasteiger partial charge in [-0.3, -0.25) is 0 Å². The highest BCUT2D eigenvalue weighted by atomic mass is 15.2. The van der Waals surface area contributed by atoms with Crippen molar-refractivity contribution < 1.29 is 5.48 Å². The minimum atomic E-state index is -0.123. The van der Waals surface area contributed by atoms with Crippen LogP contribution in [0.2, 0.25) is 0 Å². The highest BCUT2D eigenvalue weighted by molar-refractivity contribution is 6.12. The predicted octanol–water partition coefficient (Wildman–Crippen LogP) is 16.2. The Balaban J connectivity index is 1.15. The molecule has 11 rings (SSSR count). The van der Waals surface area contributed by atoms with Crippen LogP contribution < -0.4 is 9.80 Å². The summed E-state index contributed by atoms with van der Waals surface area (Å²) in [5.74, 6) is 0. The molecule has 0 unspecified atom stereocenters. The molecule has 10 aromatic carbocycles. The van der Waals surface area contributed by atoms with Crippen LogP contribution in [-0.2, 0) is 0 Å². The van der Waals surface area contributed by atoms with Crippen molar-refractivity contribution in [2.45, 2.75) is 0 Å². The molecule has 0 amide bonds. The fraction of sp³-hybridized carbons (Fsp3) is 0. The van der Waals surface area contributed by atoms with E-state index in [-0.39, 0.29) is 35.4 Å².